The fourth-order valence-corrected chi connectivity index (χ4v) is 5.67. The Labute approximate surface area is 201 Å². The number of nitrogens with zero attached hydrogens (tertiary/aromatic N) is 1. The summed E-state index contributed by atoms with van der Waals surface area (Å²) < 4.78 is 15.0. The maximum Gasteiger partial charge on any atom is 0.130 e. The van der Waals surface area contributed by atoms with Gasteiger partial charge in [0.25, 0.3) is 0 Å². The van der Waals surface area contributed by atoms with Crippen LogP contribution in [0.4, 0.5) is 4.39 Å². The van der Waals surface area contributed by atoms with Gasteiger partial charge in [-0.2, -0.15) is 0 Å². The largest absolute Gasteiger partial charge is 0.387 e. The highest BCUT2D eigenvalue weighted by atomic mass is 19.1. The number of rotatable bonds is 2. The molecule has 3 aromatic carbocycles. The zero-order chi connectivity index (χ0) is 24.3. The standard InChI is InChI=1S/C30H25FN2O2/c1-16-6-2-3-8-18(16)26-21-12-11-20-19-9-4-10-24(31)23(19)14-22(17-7-5-13-33-15-17)25(20)27(21)30(35)28(32)29(26)34/h2-15,22,28-30,34-35H,32H2,1H3. The van der Waals surface area contributed by atoms with E-state index in [1.54, 1.807) is 18.5 Å². The van der Waals surface area contributed by atoms with E-state index in [9.17, 15) is 14.6 Å². The van der Waals surface area contributed by atoms with Crippen LogP contribution in [0, 0.1) is 23.2 Å². The molecule has 0 radical (unpaired) electrons. The van der Waals surface area contributed by atoms with Crippen molar-refractivity contribution < 1.29 is 14.6 Å². The second kappa shape index (κ2) is 8.24. The predicted molar refractivity (Wildman–Crippen MR) is 133 cm³/mol. The Bertz CT molecular complexity index is 1680. The van der Waals surface area contributed by atoms with E-state index in [-0.39, 0.29) is 11.7 Å². The molecule has 2 aliphatic carbocycles. The average molecular weight is 465 g/mol. The van der Waals surface area contributed by atoms with Gasteiger partial charge in [-0.05, 0) is 68.1 Å². The highest BCUT2D eigenvalue weighted by molar-refractivity contribution is 5.75. The summed E-state index contributed by atoms with van der Waals surface area (Å²) >= 11 is 0. The van der Waals surface area contributed by atoms with Gasteiger partial charge >= 0.3 is 0 Å². The van der Waals surface area contributed by atoms with Crippen molar-refractivity contribution in [2.45, 2.75) is 31.1 Å². The lowest BCUT2D eigenvalue weighted by atomic mass is 9.74. The first kappa shape index (κ1) is 21.9. The van der Waals surface area contributed by atoms with Crippen LogP contribution < -0.4 is 16.2 Å². The Kier molecular flexibility index (Phi) is 5.15. The van der Waals surface area contributed by atoms with Crippen LogP contribution in [0.2, 0.25) is 0 Å². The monoisotopic (exact) mass is 464 g/mol. The van der Waals surface area contributed by atoms with Crippen LogP contribution in [-0.4, -0.2) is 27.3 Å². The van der Waals surface area contributed by atoms with E-state index in [4.69, 9.17) is 5.73 Å². The molecule has 0 amide bonds. The van der Waals surface area contributed by atoms with Crippen LogP contribution >= 0.6 is 0 Å². The molecule has 0 saturated heterocycles. The summed E-state index contributed by atoms with van der Waals surface area (Å²) in [5.41, 5.74) is 11.5. The highest BCUT2D eigenvalue weighted by Gasteiger charge is 2.37. The topological polar surface area (TPSA) is 79.4 Å². The summed E-state index contributed by atoms with van der Waals surface area (Å²) in [4.78, 5) is 4.30. The van der Waals surface area contributed by atoms with Crippen molar-refractivity contribution >= 4 is 11.6 Å². The fourth-order valence-electron chi connectivity index (χ4n) is 5.67. The van der Waals surface area contributed by atoms with Crippen molar-refractivity contribution in [1.82, 2.24) is 4.98 Å². The van der Waals surface area contributed by atoms with Gasteiger partial charge < -0.3 is 15.9 Å². The summed E-state index contributed by atoms with van der Waals surface area (Å²) in [6.45, 7) is 1.99. The SMILES string of the molecule is Cc1ccccc1C1=c2ccc3c(c2C(O)C(N)C1O)C(c1cccnc1)C=c1c(F)cccc1=3. The van der Waals surface area contributed by atoms with E-state index in [0.717, 1.165) is 37.9 Å². The van der Waals surface area contributed by atoms with Crippen molar-refractivity contribution in [2.75, 3.05) is 0 Å². The molecule has 1 heterocycles. The van der Waals surface area contributed by atoms with Crippen molar-refractivity contribution in [3.63, 3.8) is 0 Å². The third-order valence-corrected chi connectivity index (χ3v) is 7.36. The molecule has 5 heteroatoms. The number of aliphatic hydroxyl groups is 2. The number of benzene rings is 3. The molecule has 4 unspecified atom stereocenters. The Morgan fingerprint density at radius 3 is 2.40 bits per heavy atom. The molecule has 4 N–H and O–H groups in total. The first-order valence-corrected chi connectivity index (χ1v) is 11.7. The Morgan fingerprint density at radius 1 is 0.829 bits per heavy atom. The number of halogens is 1. The molecule has 2 aliphatic rings. The van der Waals surface area contributed by atoms with E-state index in [1.807, 2.05) is 67.6 Å². The third kappa shape index (κ3) is 3.27. The second-order valence-electron chi connectivity index (χ2n) is 9.32. The van der Waals surface area contributed by atoms with Gasteiger partial charge in [0.2, 0.25) is 0 Å². The number of aliphatic hydroxyl groups excluding tert-OH is 2. The number of nitrogens with two attached hydrogens (primary N) is 1. The van der Waals surface area contributed by atoms with Gasteiger partial charge in [-0.1, -0.05) is 60.7 Å². The van der Waals surface area contributed by atoms with Crippen LogP contribution in [-0.2, 0) is 0 Å². The lowest BCUT2D eigenvalue weighted by Gasteiger charge is -2.35. The van der Waals surface area contributed by atoms with Gasteiger partial charge in [-0.15, -0.1) is 0 Å². The number of pyridine rings is 1. The third-order valence-electron chi connectivity index (χ3n) is 7.36. The van der Waals surface area contributed by atoms with Crippen LogP contribution in [0.5, 0.6) is 0 Å². The van der Waals surface area contributed by atoms with Gasteiger partial charge in [-0.25, -0.2) is 4.39 Å². The average Bonchev–Trinajstić information content (AvgIpc) is 2.88. The van der Waals surface area contributed by atoms with Crippen molar-refractivity contribution in [1.29, 1.82) is 0 Å². The quantitative estimate of drug-likeness (QED) is 0.426. The first-order valence-electron chi connectivity index (χ1n) is 11.7. The van der Waals surface area contributed by atoms with E-state index in [1.165, 1.54) is 6.07 Å². The molecule has 35 heavy (non-hydrogen) atoms. The molecule has 4 nitrogen and oxygen atoms in total. The van der Waals surface area contributed by atoms with Gasteiger partial charge in [0, 0.05) is 23.5 Å². The Hall–Kier alpha value is -3.64. The minimum atomic E-state index is -1.09. The second-order valence-corrected chi connectivity index (χ2v) is 9.32. The molecule has 0 spiro atoms. The molecule has 0 saturated carbocycles. The van der Waals surface area contributed by atoms with Crippen LogP contribution in [0.3, 0.4) is 0 Å². The fraction of sp³-hybridized carbons (Fsp3) is 0.167. The van der Waals surface area contributed by atoms with E-state index in [2.05, 4.69) is 4.98 Å². The van der Waals surface area contributed by atoms with Crippen LogP contribution in [0.25, 0.3) is 11.6 Å². The molecular formula is C30H25FN2O2. The Balaban J connectivity index is 1.83. The van der Waals surface area contributed by atoms with Gasteiger partial charge in [0.1, 0.15) is 5.82 Å². The lowest BCUT2D eigenvalue weighted by Crippen LogP contribution is -2.49. The number of aryl methyl sites for hydroxylation is 1. The van der Waals surface area contributed by atoms with E-state index in [0.29, 0.717) is 16.4 Å². The Morgan fingerprint density at radius 2 is 1.63 bits per heavy atom. The minimum Gasteiger partial charge on any atom is -0.387 e. The smallest absolute Gasteiger partial charge is 0.130 e. The van der Waals surface area contributed by atoms with Crippen molar-refractivity contribution in [3.8, 4) is 0 Å². The van der Waals surface area contributed by atoms with Gasteiger partial charge in [0.05, 0.1) is 18.2 Å². The number of hydrogen-bond donors (Lipinski definition) is 3. The summed E-state index contributed by atoms with van der Waals surface area (Å²) in [6.07, 6.45) is 3.25. The molecule has 0 aliphatic heterocycles. The number of hydrogen-bond acceptors (Lipinski definition) is 4. The lowest BCUT2D eigenvalue weighted by molar-refractivity contribution is 0.0760. The molecule has 4 aromatic rings. The minimum absolute atomic E-state index is 0.292. The van der Waals surface area contributed by atoms with Gasteiger partial charge in [-0.3, -0.25) is 4.98 Å². The zero-order valence-electron chi connectivity index (χ0n) is 19.2. The first-order chi connectivity index (χ1) is 17.0. The normalized spacial score (nSPS) is 22.6. The van der Waals surface area contributed by atoms with E-state index < -0.39 is 18.2 Å². The van der Waals surface area contributed by atoms with E-state index >= 15 is 0 Å². The molecular weight excluding hydrogens is 439 g/mol. The zero-order valence-corrected chi connectivity index (χ0v) is 19.2. The van der Waals surface area contributed by atoms with Crippen LogP contribution in [0.1, 0.15) is 39.8 Å². The number of aromatic nitrogens is 1. The number of fused-ring (bicyclic) bond motifs is 4. The maximum absolute atomic E-state index is 15.0. The summed E-state index contributed by atoms with van der Waals surface area (Å²) in [5.74, 6) is -0.632. The molecule has 0 bridgehead atoms. The van der Waals surface area contributed by atoms with Crippen molar-refractivity contribution in [3.05, 3.63) is 134 Å². The molecule has 174 valence electrons. The summed E-state index contributed by atoms with van der Waals surface area (Å²) in [7, 11) is 0. The molecule has 4 atom stereocenters. The molecule has 1 aromatic heterocycles. The summed E-state index contributed by atoms with van der Waals surface area (Å²) in [6, 6.07) is 19.7. The van der Waals surface area contributed by atoms with Crippen molar-refractivity contribution in [2.24, 2.45) is 5.73 Å². The molecule has 0 fully saturated rings. The maximum atomic E-state index is 15.0. The summed E-state index contributed by atoms with van der Waals surface area (Å²) in [5, 5.41) is 25.6. The predicted octanol–water partition coefficient (Wildman–Crippen LogP) is 2.68. The van der Waals surface area contributed by atoms with Crippen LogP contribution in [0.15, 0.2) is 79.1 Å². The molecule has 6 rings (SSSR count). The van der Waals surface area contributed by atoms with Gasteiger partial charge in [0.15, 0.2) is 0 Å². The highest BCUT2D eigenvalue weighted by Crippen LogP contribution is 2.37.